The molecule has 37 heavy (non-hydrogen) atoms. The zero-order valence-corrected chi connectivity index (χ0v) is 21.3. The number of aromatic nitrogens is 5. The molecule has 1 N–H and O–H groups in total. The van der Waals surface area contributed by atoms with Crippen molar-refractivity contribution in [1.29, 1.82) is 0 Å². The number of hydrogen-bond donors (Lipinski definition) is 1. The fraction of sp³-hybridized carbons (Fsp3) is 0.345. The average Bonchev–Trinajstić information content (AvgIpc) is 3.60. The van der Waals surface area contributed by atoms with E-state index < -0.39 is 0 Å². The van der Waals surface area contributed by atoms with Crippen LogP contribution >= 0.6 is 0 Å². The van der Waals surface area contributed by atoms with Gasteiger partial charge in [-0.1, -0.05) is 12.1 Å². The molecule has 2 aromatic carbocycles. The molecule has 7 rings (SSSR count). The van der Waals surface area contributed by atoms with E-state index in [1.54, 1.807) is 0 Å². The van der Waals surface area contributed by atoms with Crippen molar-refractivity contribution in [3.63, 3.8) is 0 Å². The van der Waals surface area contributed by atoms with E-state index in [0.717, 1.165) is 65.6 Å². The predicted molar refractivity (Wildman–Crippen MR) is 147 cm³/mol. The molecule has 0 atom stereocenters. The number of morpholine rings is 1. The van der Waals surface area contributed by atoms with Crippen LogP contribution in [0.4, 0.5) is 17.5 Å². The van der Waals surface area contributed by atoms with Crippen molar-refractivity contribution < 1.29 is 4.74 Å². The lowest BCUT2D eigenvalue weighted by molar-refractivity contribution is 0.122. The number of fused-ring (bicyclic) bond motifs is 2. The largest absolute Gasteiger partial charge is 0.378 e. The molecule has 4 heterocycles. The molecule has 1 saturated heterocycles. The Morgan fingerprint density at radius 1 is 0.946 bits per heavy atom. The number of hydrogen-bond acceptors (Lipinski definition) is 6. The zero-order chi connectivity index (χ0) is 24.9. The van der Waals surface area contributed by atoms with Crippen LogP contribution in [-0.4, -0.2) is 50.4 Å². The van der Waals surface area contributed by atoms with E-state index in [0.29, 0.717) is 13.2 Å². The average molecular weight is 494 g/mol. The maximum absolute atomic E-state index is 5.58. The highest BCUT2D eigenvalue weighted by Gasteiger charge is 2.24. The van der Waals surface area contributed by atoms with Crippen molar-refractivity contribution in [3.8, 4) is 11.3 Å². The van der Waals surface area contributed by atoms with Gasteiger partial charge in [0.25, 0.3) is 0 Å². The molecule has 2 fully saturated rings. The van der Waals surface area contributed by atoms with Gasteiger partial charge in [0.1, 0.15) is 11.6 Å². The molecule has 0 unspecified atom stereocenters. The van der Waals surface area contributed by atoms with Crippen LogP contribution in [0.15, 0.2) is 54.7 Å². The number of benzene rings is 2. The Kier molecular flexibility index (Phi) is 5.35. The fourth-order valence-corrected chi connectivity index (χ4v) is 5.23. The Morgan fingerprint density at radius 2 is 1.81 bits per heavy atom. The lowest BCUT2D eigenvalue weighted by Gasteiger charge is -2.27. The van der Waals surface area contributed by atoms with Crippen molar-refractivity contribution in [3.05, 3.63) is 60.6 Å². The number of ether oxygens (including phenoxy) is 1. The highest BCUT2D eigenvalue weighted by molar-refractivity contribution is 5.85. The van der Waals surface area contributed by atoms with Crippen LogP contribution in [0.3, 0.4) is 0 Å². The minimum absolute atomic E-state index is 0.687. The molecule has 0 spiro atoms. The summed E-state index contributed by atoms with van der Waals surface area (Å²) in [6, 6.07) is 17.1. The van der Waals surface area contributed by atoms with Gasteiger partial charge in [-0.15, -0.1) is 0 Å². The molecule has 188 valence electrons. The summed E-state index contributed by atoms with van der Waals surface area (Å²) in [5.74, 6) is 3.37. The summed E-state index contributed by atoms with van der Waals surface area (Å²) in [7, 11) is 2.07. The van der Waals surface area contributed by atoms with E-state index in [-0.39, 0.29) is 0 Å². The third-order valence-electron chi connectivity index (χ3n) is 7.54. The second-order valence-electron chi connectivity index (χ2n) is 10.3. The van der Waals surface area contributed by atoms with Gasteiger partial charge in [0.2, 0.25) is 5.95 Å². The second kappa shape index (κ2) is 8.88. The Bertz CT molecular complexity index is 1610. The van der Waals surface area contributed by atoms with Gasteiger partial charge in [0.05, 0.1) is 29.9 Å². The monoisotopic (exact) mass is 493 g/mol. The topological polar surface area (TPSA) is 73.0 Å². The van der Waals surface area contributed by atoms with Crippen LogP contribution in [0.1, 0.15) is 18.7 Å². The van der Waals surface area contributed by atoms with Crippen LogP contribution in [-0.2, 0) is 18.3 Å². The van der Waals surface area contributed by atoms with Crippen LogP contribution in [0.5, 0.6) is 0 Å². The van der Waals surface area contributed by atoms with Crippen LogP contribution in [0, 0.1) is 12.8 Å². The molecule has 1 saturated carbocycles. The first-order valence-electron chi connectivity index (χ1n) is 13.1. The molecular formula is C29H31N7O. The lowest BCUT2D eigenvalue weighted by atomic mass is 10.1. The Hall–Kier alpha value is -3.91. The molecule has 0 radical (unpaired) electrons. The summed E-state index contributed by atoms with van der Waals surface area (Å²) in [6.07, 6.45) is 4.72. The molecule has 5 aromatic rings. The quantitative estimate of drug-likeness (QED) is 0.347. The first-order valence-corrected chi connectivity index (χ1v) is 13.1. The van der Waals surface area contributed by atoms with E-state index in [4.69, 9.17) is 19.7 Å². The number of imidazole rings is 1. The SMILES string of the molecule is Cc1nc2ccc(-c3cc(Nc4ccc5ccn(C)c5c4)nc(N4CCOCC4)n3)cc2n1CC1CC1. The number of nitrogens with one attached hydrogen (secondary N) is 1. The van der Waals surface area contributed by atoms with Crippen LogP contribution < -0.4 is 10.2 Å². The maximum atomic E-state index is 5.58. The summed E-state index contributed by atoms with van der Waals surface area (Å²) >= 11 is 0. The van der Waals surface area contributed by atoms with E-state index in [9.17, 15) is 0 Å². The van der Waals surface area contributed by atoms with Gasteiger partial charge in [0, 0.05) is 55.7 Å². The summed E-state index contributed by atoms with van der Waals surface area (Å²) in [4.78, 5) is 17.0. The third-order valence-corrected chi connectivity index (χ3v) is 7.54. The second-order valence-corrected chi connectivity index (χ2v) is 10.3. The molecule has 2 aliphatic rings. The normalized spacial score (nSPS) is 16.1. The summed E-state index contributed by atoms with van der Waals surface area (Å²) < 4.78 is 10.1. The molecule has 3 aromatic heterocycles. The third kappa shape index (κ3) is 4.31. The van der Waals surface area contributed by atoms with Gasteiger partial charge in [-0.25, -0.2) is 9.97 Å². The van der Waals surface area contributed by atoms with Crippen molar-refractivity contribution in [2.75, 3.05) is 36.5 Å². The fourth-order valence-electron chi connectivity index (χ4n) is 5.23. The number of rotatable bonds is 6. The molecule has 0 bridgehead atoms. The Labute approximate surface area is 215 Å². The first kappa shape index (κ1) is 22.3. The molecule has 1 aliphatic heterocycles. The van der Waals surface area contributed by atoms with Gasteiger partial charge >= 0.3 is 0 Å². The van der Waals surface area contributed by atoms with E-state index in [1.165, 1.54) is 29.3 Å². The molecular weight excluding hydrogens is 462 g/mol. The van der Waals surface area contributed by atoms with E-state index >= 15 is 0 Å². The first-order chi connectivity index (χ1) is 18.1. The van der Waals surface area contributed by atoms with Crippen molar-refractivity contribution in [1.82, 2.24) is 24.1 Å². The molecule has 1 aliphatic carbocycles. The summed E-state index contributed by atoms with van der Waals surface area (Å²) in [6.45, 7) is 6.09. The standard InChI is InChI=1S/C29H31N7O/c1-19-30-24-8-6-22(15-27(24)36(19)18-20-3-4-20)25-17-28(33-29(32-25)35-11-13-37-14-12-35)31-23-7-5-21-9-10-34(2)26(21)16-23/h5-10,15-17,20H,3-4,11-14,18H2,1-2H3,(H,31,32,33). The van der Waals surface area contributed by atoms with Gasteiger partial charge in [0.15, 0.2) is 0 Å². The summed E-state index contributed by atoms with van der Waals surface area (Å²) in [5, 5.41) is 4.77. The minimum atomic E-state index is 0.687. The smallest absolute Gasteiger partial charge is 0.228 e. The predicted octanol–water partition coefficient (Wildman–Crippen LogP) is 5.28. The Balaban J connectivity index is 1.30. The number of nitrogens with zero attached hydrogens (tertiary/aromatic N) is 6. The van der Waals surface area contributed by atoms with Crippen LogP contribution in [0.2, 0.25) is 0 Å². The van der Waals surface area contributed by atoms with E-state index in [1.807, 2.05) is 0 Å². The Morgan fingerprint density at radius 3 is 2.65 bits per heavy atom. The lowest BCUT2D eigenvalue weighted by Crippen LogP contribution is -2.37. The van der Waals surface area contributed by atoms with Crippen molar-refractivity contribution >= 4 is 39.4 Å². The maximum Gasteiger partial charge on any atom is 0.228 e. The molecule has 0 amide bonds. The number of aryl methyl sites for hydroxylation is 2. The van der Waals surface area contributed by atoms with Gasteiger partial charge in [-0.3, -0.25) is 0 Å². The van der Waals surface area contributed by atoms with Crippen molar-refractivity contribution in [2.24, 2.45) is 13.0 Å². The van der Waals surface area contributed by atoms with Crippen LogP contribution in [0.25, 0.3) is 33.2 Å². The highest BCUT2D eigenvalue weighted by Crippen LogP contribution is 2.34. The number of anilines is 3. The van der Waals surface area contributed by atoms with Gasteiger partial charge in [-0.2, -0.15) is 4.98 Å². The molecule has 8 heteroatoms. The summed E-state index contributed by atoms with van der Waals surface area (Å²) in [5.41, 5.74) is 6.37. The molecule has 8 nitrogen and oxygen atoms in total. The van der Waals surface area contributed by atoms with Gasteiger partial charge in [-0.05, 0) is 61.4 Å². The highest BCUT2D eigenvalue weighted by atomic mass is 16.5. The zero-order valence-electron chi connectivity index (χ0n) is 21.3. The minimum Gasteiger partial charge on any atom is -0.378 e. The van der Waals surface area contributed by atoms with E-state index in [2.05, 4.69) is 88.1 Å². The van der Waals surface area contributed by atoms with Gasteiger partial charge < -0.3 is 24.1 Å². The van der Waals surface area contributed by atoms with Crippen molar-refractivity contribution in [2.45, 2.75) is 26.3 Å².